The molecule has 2 nitrogen and oxygen atoms in total. The van der Waals surface area contributed by atoms with E-state index >= 15 is 0 Å². The van der Waals surface area contributed by atoms with E-state index in [0.29, 0.717) is 0 Å². The Kier molecular flexibility index (Phi) is 23.9. The largest absolute Gasteiger partial charge is 0.382 e. The molecule has 0 saturated carbocycles. The van der Waals surface area contributed by atoms with Crippen LogP contribution in [0.3, 0.4) is 0 Å². The monoisotopic (exact) mass is 126 g/mol. The topological polar surface area (TPSA) is 29.5 Å². The number of hydrogen-bond acceptors (Lipinski definition) is 2. The summed E-state index contributed by atoms with van der Waals surface area (Å²) in [6, 6.07) is 0. The summed E-state index contributed by atoms with van der Waals surface area (Å²) in [5.41, 5.74) is 0. The van der Waals surface area contributed by atoms with E-state index in [9.17, 15) is 0 Å². The summed E-state index contributed by atoms with van der Waals surface area (Å²) in [4.78, 5) is 0. The minimum Gasteiger partial charge on any atom is -0.382 e. The predicted molar refractivity (Wildman–Crippen MR) is 30.2 cm³/mol. The standard InChI is InChI=1S/C4H10O.ClHO/c1-3-5-4-2;1-2/h3-4H2,1-2H3;2H. The fraction of sp³-hybridized carbons (Fsp3) is 1.00. The lowest BCUT2D eigenvalue weighted by Gasteiger charge is -1.86. The fourth-order valence-corrected chi connectivity index (χ4v) is 0.204. The van der Waals surface area contributed by atoms with Crippen molar-refractivity contribution in [3.05, 3.63) is 0 Å². The van der Waals surface area contributed by atoms with Crippen LogP contribution in [0.5, 0.6) is 0 Å². The van der Waals surface area contributed by atoms with Crippen LogP contribution in [0.25, 0.3) is 0 Å². The van der Waals surface area contributed by atoms with Gasteiger partial charge in [-0.25, -0.2) is 0 Å². The van der Waals surface area contributed by atoms with E-state index in [1.165, 1.54) is 0 Å². The molecule has 0 amide bonds. The highest BCUT2D eigenvalue weighted by Crippen LogP contribution is 1.64. The molecule has 0 heterocycles. The van der Waals surface area contributed by atoms with Crippen molar-refractivity contribution in [3.8, 4) is 0 Å². The lowest BCUT2D eigenvalue weighted by atomic mass is 10.8. The number of halogens is 1. The summed E-state index contributed by atoms with van der Waals surface area (Å²) in [5, 5.41) is 0. The minimum atomic E-state index is 0.844. The van der Waals surface area contributed by atoms with Gasteiger partial charge in [-0.05, 0) is 13.8 Å². The first kappa shape index (κ1) is 10.2. The maximum atomic E-state index is 6.47. The molecule has 1 N–H and O–H groups in total. The molecule has 0 aliphatic heterocycles. The molecule has 0 aromatic carbocycles. The Balaban J connectivity index is 0. The third-order valence-electron chi connectivity index (χ3n) is 0.408. The first-order valence-corrected chi connectivity index (χ1v) is 2.50. The molecule has 0 radical (unpaired) electrons. The second-order valence-electron chi connectivity index (χ2n) is 0.781. The highest BCUT2D eigenvalue weighted by Gasteiger charge is 1.64. The maximum absolute atomic E-state index is 6.47. The smallest absolute Gasteiger partial charge is 0.0579 e. The van der Waals surface area contributed by atoms with Crippen LogP contribution in [0.2, 0.25) is 0 Å². The van der Waals surface area contributed by atoms with Crippen molar-refractivity contribution >= 4 is 11.9 Å². The first-order chi connectivity index (χ1) is 3.41. The van der Waals surface area contributed by atoms with Crippen LogP contribution in [0.1, 0.15) is 13.8 Å². The van der Waals surface area contributed by atoms with Crippen LogP contribution < -0.4 is 0 Å². The van der Waals surface area contributed by atoms with Crippen molar-refractivity contribution in [3.63, 3.8) is 0 Å². The van der Waals surface area contributed by atoms with E-state index in [1.807, 2.05) is 13.8 Å². The van der Waals surface area contributed by atoms with Gasteiger partial charge in [0.1, 0.15) is 0 Å². The molecule has 0 fully saturated rings. The quantitative estimate of drug-likeness (QED) is 0.602. The maximum Gasteiger partial charge on any atom is 0.0579 e. The Bertz CT molecular complexity index is 17.2. The second-order valence-corrected chi connectivity index (χ2v) is 0.781. The molecule has 0 spiro atoms. The SMILES string of the molecule is CCOCC.OCl. The van der Waals surface area contributed by atoms with Crippen molar-refractivity contribution in [2.24, 2.45) is 0 Å². The van der Waals surface area contributed by atoms with Crippen molar-refractivity contribution < 1.29 is 9.40 Å². The molecule has 46 valence electrons. The molecule has 3 heteroatoms. The first-order valence-electron chi connectivity index (χ1n) is 2.16. The number of hydrogen-bond donors (Lipinski definition) is 1. The molecule has 0 aromatic heterocycles. The minimum absolute atomic E-state index is 0.844. The molecule has 0 unspecified atom stereocenters. The van der Waals surface area contributed by atoms with Crippen LogP contribution >= 0.6 is 11.9 Å². The Morgan fingerprint density at radius 1 is 1.29 bits per heavy atom. The summed E-state index contributed by atoms with van der Waals surface area (Å²) >= 11 is 3.64. The molecular weight excluding hydrogens is 115 g/mol. The van der Waals surface area contributed by atoms with Crippen LogP contribution in [-0.2, 0) is 4.74 Å². The van der Waals surface area contributed by atoms with Gasteiger partial charge in [0.2, 0.25) is 0 Å². The van der Waals surface area contributed by atoms with Gasteiger partial charge in [-0.2, -0.15) is 0 Å². The van der Waals surface area contributed by atoms with Gasteiger partial charge in [0.25, 0.3) is 0 Å². The Morgan fingerprint density at radius 3 is 1.57 bits per heavy atom. The van der Waals surface area contributed by atoms with Gasteiger partial charge in [0, 0.05) is 13.2 Å². The van der Waals surface area contributed by atoms with E-state index in [-0.39, 0.29) is 0 Å². The van der Waals surface area contributed by atoms with Gasteiger partial charge in [-0.1, -0.05) is 0 Å². The van der Waals surface area contributed by atoms with Crippen LogP contribution in [0.15, 0.2) is 0 Å². The molecule has 0 saturated heterocycles. The fourth-order valence-electron chi connectivity index (χ4n) is 0.204. The van der Waals surface area contributed by atoms with Crippen molar-refractivity contribution in [2.45, 2.75) is 13.8 Å². The van der Waals surface area contributed by atoms with Gasteiger partial charge in [-0.3, -0.25) is 4.66 Å². The lowest BCUT2D eigenvalue weighted by Crippen LogP contribution is -1.84. The van der Waals surface area contributed by atoms with Crippen LogP contribution in [-0.4, -0.2) is 17.9 Å². The molecule has 0 aliphatic carbocycles. The summed E-state index contributed by atoms with van der Waals surface area (Å²) < 4.78 is 11.3. The van der Waals surface area contributed by atoms with E-state index in [1.54, 1.807) is 0 Å². The summed E-state index contributed by atoms with van der Waals surface area (Å²) in [6.07, 6.45) is 0. The molecule has 0 aromatic rings. The summed E-state index contributed by atoms with van der Waals surface area (Å²) in [7, 11) is 0. The zero-order valence-corrected chi connectivity index (χ0v) is 5.40. The normalized spacial score (nSPS) is 6.86. The third kappa shape index (κ3) is 22.5. The lowest BCUT2D eigenvalue weighted by molar-refractivity contribution is 0.162. The Labute approximate surface area is 49.2 Å². The van der Waals surface area contributed by atoms with E-state index in [2.05, 4.69) is 11.9 Å². The Morgan fingerprint density at radius 2 is 1.57 bits per heavy atom. The molecular formula is C4H11ClO2. The predicted octanol–water partition coefficient (Wildman–Crippen LogP) is 1.18. The number of ether oxygens (including phenoxy) is 1. The average Bonchev–Trinajstić information content (AvgIpc) is 1.75. The summed E-state index contributed by atoms with van der Waals surface area (Å²) in [6.45, 7) is 5.67. The zero-order chi connectivity index (χ0) is 6.12. The molecule has 0 aliphatic rings. The van der Waals surface area contributed by atoms with Gasteiger partial charge in [0.15, 0.2) is 0 Å². The average molecular weight is 127 g/mol. The van der Waals surface area contributed by atoms with Crippen LogP contribution in [0, 0.1) is 0 Å². The number of rotatable bonds is 2. The van der Waals surface area contributed by atoms with Gasteiger partial charge < -0.3 is 4.74 Å². The van der Waals surface area contributed by atoms with Gasteiger partial charge in [0.05, 0.1) is 11.9 Å². The highest BCUT2D eigenvalue weighted by atomic mass is 35.5. The highest BCUT2D eigenvalue weighted by molar-refractivity contribution is 6.04. The molecule has 7 heavy (non-hydrogen) atoms. The Hall–Kier alpha value is 0.210. The van der Waals surface area contributed by atoms with E-state index < -0.39 is 0 Å². The zero-order valence-electron chi connectivity index (χ0n) is 4.65. The second kappa shape index (κ2) is 16.4. The van der Waals surface area contributed by atoms with Crippen molar-refractivity contribution in [1.82, 2.24) is 0 Å². The van der Waals surface area contributed by atoms with E-state index in [4.69, 9.17) is 9.40 Å². The molecule has 0 atom stereocenters. The van der Waals surface area contributed by atoms with E-state index in [0.717, 1.165) is 13.2 Å². The van der Waals surface area contributed by atoms with Gasteiger partial charge >= 0.3 is 0 Å². The third-order valence-corrected chi connectivity index (χ3v) is 0.408. The van der Waals surface area contributed by atoms with Crippen molar-refractivity contribution in [2.75, 3.05) is 13.2 Å². The molecule has 0 rings (SSSR count). The van der Waals surface area contributed by atoms with Crippen molar-refractivity contribution in [1.29, 1.82) is 0 Å². The summed E-state index contributed by atoms with van der Waals surface area (Å²) in [5.74, 6) is 0. The van der Waals surface area contributed by atoms with Gasteiger partial charge in [-0.15, -0.1) is 0 Å². The van der Waals surface area contributed by atoms with Crippen LogP contribution in [0.4, 0.5) is 0 Å². The molecule has 0 bridgehead atoms.